The van der Waals surface area contributed by atoms with Gasteiger partial charge in [0, 0.05) is 0 Å². The Morgan fingerprint density at radius 2 is 0.940 bits per heavy atom. The normalized spacial score (nSPS) is 15.5. The summed E-state index contributed by atoms with van der Waals surface area (Å²) in [5.74, 6) is -0.0429. The second-order valence-corrected chi connectivity index (χ2v) is 13.7. The van der Waals surface area contributed by atoms with Gasteiger partial charge in [0.25, 0.3) is 20.2 Å². The van der Waals surface area contributed by atoms with Crippen molar-refractivity contribution in [2.45, 2.75) is 9.79 Å². The molecule has 4 aromatic rings. The van der Waals surface area contributed by atoms with E-state index in [2.05, 4.69) is 21.1 Å². The van der Waals surface area contributed by atoms with Crippen molar-refractivity contribution in [2.75, 3.05) is 25.1 Å². The minimum atomic E-state index is -4.43. The van der Waals surface area contributed by atoms with Gasteiger partial charge in [-0.1, -0.05) is 24.3 Å². The van der Waals surface area contributed by atoms with Gasteiger partial charge in [0.2, 0.25) is 11.6 Å². The second-order valence-electron chi connectivity index (χ2n) is 10.9. The number of hydrogen-bond acceptors (Lipinski definition) is 12. The molecule has 0 bridgehead atoms. The van der Waals surface area contributed by atoms with Crippen molar-refractivity contribution in [2.24, 2.45) is 10.2 Å². The number of nitrogens with one attached hydrogen (secondary N) is 2. The van der Waals surface area contributed by atoms with Crippen LogP contribution in [0.3, 0.4) is 0 Å². The summed E-state index contributed by atoms with van der Waals surface area (Å²) in [5.41, 5.74) is 7.96. The first-order valence-corrected chi connectivity index (χ1v) is 17.4. The van der Waals surface area contributed by atoms with E-state index in [4.69, 9.17) is 9.47 Å². The number of carbonyl (C=O) groups is 2. The molecular weight excluding hydrogens is 689 g/mol. The Morgan fingerprint density at radius 1 is 0.540 bits per heavy atom. The van der Waals surface area contributed by atoms with E-state index in [1.807, 2.05) is 0 Å². The predicted octanol–water partition coefficient (Wildman–Crippen LogP) is 1.09. The molecule has 16 heteroatoms. The summed E-state index contributed by atoms with van der Waals surface area (Å²) in [5, 5.41) is 10.1. The van der Waals surface area contributed by atoms with Gasteiger partial charge in [0.1, 0.15) is 22.9 Å². The van der Waals surface area contributed by atoms with Crippen LogP contribution in [0.2, 0.25) is 0 Å². The highest BCUT2D eigenvalue weighted by Gasteiger charge is 2.17. The number of methoxy groups -OCH3 is 2. The van der Waals surface area contributed by atoms with Crippen molar-refractivity contribution in [1.29, 1.82) is 0 Å². The first kappa shape index (κ1) is 33.9. The number of ketones is 2. The Bertz CT molecular complexity index is 2490. The van der Waals surface area contributed by atoms with Crippen LogP contribution in [0.4, 0.5) is 11.4 Å². The maximum atomic E-state index is 12.7. The maximum absolute atomic E-state index is 12.7. The zero-order valence-electron chi connectivity index (χ0n) is 26.1. The van der Waals surface area contributed by atoms with Crippen molar-refractivity contribution in [3.8, 4) is 22.6 Å². The molecule has 0 heterocycles. The molecule has 0 saturated heterocycles. The smallest absolute Gasteiger partial charge is 0.294 e. The van der Waals surface area contributed by atoms with E-state index in [-0.39, 0.29) is 21.2 Å². The molecule has 2 aliphatic carbocycles. The quantitative estimate of drug-likeness (QED) is 0.142. The molecule has 0 atom stereocenters. The minimum Gasteiger partial charge on any atom is -0.494 e. The molecule has 0 unspecified atom stereocenters. The first-order chi connectivity index (χ1) is 23.7. The summed E-state index contributed by atoms with van der Waals surface area (Å²) in [6, 6.07) is 18.2. The van der Waals surface area contributed by atoms with E-state index in [0.29, 0.717) is 43.7 Å². The van der Waals surface area contributed by atoms with E-state index in [0.717, 1.165) is 11.1 Å². The molecular formula is C34H26N4O10S2. The van der Waals surface area contributed by atoms with Gasteiger partial charge in [-0.2, -0.15) is 27.0 Å². The number of anilines is 2. The van der Waals surface area contributed by atoms with Crippen LogP contribution in [-0.4, -0.2) is 63.2 Å². The average Bonchev–Trinajstić information content (AvgIpc) is 3.08. The van der Waals surface area contributed by atoms with Crippen LogP contribution in [0, 0.1) is 0 Å². The van der Waals surface area contributed by atoms with E-state index in [9.17, 15) is 35.5 Å². The number of Topliss-reactive ketones (excluding diaryl/α,β-unsaturated/α-hetero) is 2. The molecule has 0 radical (unpaired) electrons. The van der Waals surface area contributed by atoms with Crippen LogP contribution in [0.15, 0.2) is 92.8 Å². The second kappa shape index (κ2) is 13.2. The van der Waals surface area contributed by atoms with Gasteiger partial charge in [0.15, 0.2) is 0 Å². The zero-order chi connectivity index (χ0) is 35.8. The van der Waals surface area contributed by atoms with E-state index in [1.165, 1.54) is 74.9 Å². The van der Waals surface area contributed by atoms with Crippen LogP contribution in [0.1, 0.15) is 0 Å². The van der Waals surface area contributed by atoms with Gasteiger partial charge >= 0.3 is 0 Å². The summed E-state index contributed by atoms with van der Waals surface area (Å²) in [6.45, 7) is 0. The number of fused-ring (bicyclic) bond motifs is 2. The topological polar surface area (TPSA) is 210 Å². The van der Waals surface area contributed by atoms with E-state index in [1.54, 1.807) is 36.4 Å². The number of rotatable bonds is 9. The fourth-order valence-electron chi connectivity index (χ4n) is 5.15. The fourth-order valence-corrected chi connectivity index (χ4v) is 6.18. The van der Waals surface area contributed by atoms with Gasteiger partial charge in [-0.3, -0.25) is 29.5 Å². The molecule has 2 aliphatic rings. The molecule has 0 aliphatic heterocycles. The molecule has 4 N–H and O–H groups in total. The molecule has 14 nitrogen and oxygen atoms in total. The van der Waals surface area contributed by atoms with Crippen LogP contribution in [0.25, 0.3) is 35.4 Å². The molecule has 0 fully saturated rings. The number of benzene rings is 4. The van der Waals surface area contributed by atoms with Crippen LogP contribution >= 0.6 is 0 Å². The Hall–Kier alpha value is -5.94. The third kappa shape index (κ3) is 7.08. The summed E-state index contributed by atoms with van der Waals surface area (Å²) >= 11 is 0. The summed E-state index contributed by atoms with van der Waals surface area (Å²) < 4.78 is 76.1. The molecule has 50 heavy (non-hydrogen) atoms. The predicted molar refractivity (Wildman–Crippen MR) is 186 cm³/mol. The van der Waals surface area contributed by atoms with Gasteiger partial charge in [-0.15, -0.1) is 0 Å². The monoisotopic (exact) mass is 714 g/mol. The lowest BCUT2D eigenvalue weighted by molar-refractivity contribution is -0.108. The third-order valence-corrected chi connectivity index (χ3v) is 9.40. The van der Waals surface area contributed by atoms with Crippen molar-refractivity contribution in [3.63, 3.8) is 0 Å². The number of carbonyl (C=O) groups excluding carboxylic acids is 2. The van der Waals surface area contributed by atoms with Crippen LogP contribution in [-0.2, 0) is 29.8 Å². The van der Waals surface area contributed by atoms with Crippen LogP contribution < -0.4 is 41.2 Å². The van der Waals surface area contributed by atoms with Crippen molar-refractivity contribution >= 4 is 78.9 Å². The average molecular weight is 715 g/mol. The maximum Gasteiger partial charge on any atom is 0.294 e. The third-order valence-electron chi connectivity index (χ3n) is 7.70. The standard InChI is InChI=1S/C34H26N4O10S2/c1-47-33-17-21(5-9-27(33)35-37-29-13-23-11-25(49(41,42)43)7-3-19(23)15-31(29)39)22-6-10-28(34(18-22)48-2)36-38-30-14-24-12-26(50(44,45)46)8-4-20(24)16-32(30)40/h3-18,35-36H,1-2H3,(H,41,42,43)(H,44,45,46)/b37-29-,38-30-. The van der Waals surface area contributed by atoms with Crippen molar-refractivity contribution in [3.05, 3.63) is 93.7 Å². The number of ether oxygens (including phenoxy) is 2. The highest BCUT2D eigenvalue weighted by Crippen LogP contribution is 2.35. The Balaban J connectivity index is 1.24. The largest absolute Gasteiger partial charge is 0.494 e. The van der Waals surface area contributed by atoms with Gasteiger partial charge in [-0.05, 0) is 105 Å². The van der Waals surface area contributed by atoms with Crippen molar-refractivity contribution in [1.82, 2.24) is 0 Å². The Kier molecular flexibility index (Phi) is 8.94. The van der Waals surface area contributed by atoms with Gasteiger partial charge < -0.3 is 9.47 Å². The SMILES string of the molecule is COc1cc(-c2ccc(N/N=C3/C=c4cc(S(=O)(=O)O)ccc4=CC3=O)c(OC)c2)ccc1N/N=C1/C=c2cc(S(=O)(=O)O)ccc2=CC1=O. The minimum absolute atomic E-state index is 0.00463. The van der Waals surface area contributed by atoms with Gasteiger partial charge in [-0.25, -0.2) is 0 Å². The summed E-state index contributed by atoms with van der Waals surface area (Å²) in [4.78, 5) is 24.7. The Labute approximate surface area is 284 Å². The number of hydrogen-bond donors (Lipinski definition) is 4. The Morgan fingerprint density at radius 3 is 1.30 bits per heavy atom. The first-order valence-electron chi connectivity index (χ1n) is 14.5. The molecule has 4 aromatic carbocycles. The summed E-state index contributed by atoms with van der Waals surface area (Å²) in [7, 11) is -5.94. The molecule has 0 aromatic heterocycles. The molecule has 6 rings (SSSR count). The lowest BCUT2D eigenvalue weighted by atomic mass is 10.0. The number of nitrogens with zero attached hydrogens (tertiary/aromatic N) is 2. The lowest BCUT2D eigenvalue weighted by Crippen LogP contribution is -2.34. The van der Waals surface area contributed by atoms with Crippen LogP contribution in [0.5, 0.6) is 11.5 Å². The van der Waals surface area contributed by atoms with E-state index >= 15 is 0 Å². The highest BCUT2D eigenvalue weighted by molar-refractivity contribution is 7.86. The highest BCUT2D eigenvalue weighted by atomic mass is 32.2. The zero-order valence-corrected chi connectivity index (χ0v) is 27.7. The van der Waals surface area contributed by atoms with E-state index < -0.39 is 31.8 Å². The molecule has 0 spiro atoms. The number of hydrazone groups is 2. The summed E-state index contributed by atoms with van der Waals surface area (Å²) in [6.07, 6.45) is 5.44. The van der Waals surface area contributed by atoms with Gasteiger partial charge in [0.05, 0.1) is 35.4 Å². The fraction of sp³-hybridized carbons (Fsp3) is 0.0588. The lowest BCUT2D eigenvalue weighted by Gasteiger charge is -2.14. The molecule has 254 valence electrons. The van der Waals surface area contributed by atoms with Crippen molar-refractivity contribution < 1.29 is 45.0 Å². The molecule has 0 amide bonds. The molecule has 0 saturated carbocycles.